The molecule has 0 fully saturated rings. The van der Waals surface area contributed by atoms with Crippen molar-refractivity contribution in [2.24, 2.45) is 0 Å². The Bertz CT molecular complexity index is 573. The average molecular weight is 307 g/mol. The molecule has 1 rings (SSSR count). The molecule has 8 heteroatoms. The second kappa shape index (κ2) is 6.76. The molecule has 112 valence electrons. The lowest BCUT2D eigenvalue weighted by Crippen LogP contribution is -2.18. The van der Waals surface area contributed by atoms with Crippen molar-refractivity contribution < 1.29 is 27.1 Å². The van der Waals surface area contributed by atoms with Crippen molar-refractivity contribution in [3.05, 3.63) is 24.3 Å². The van der Waals surface area contributed by atoms with Crippen molar-refractivity contribution in [3.63, 3.8) is 0 Å². The van der Waals surface area contributed by atoms with E-state index < -0.39 is 32.5 Å². The number of halogens is 2. The first-order valence-electron chi connectivity index (χ1n) is 5.84. The van der Waals surface area contributed by atoms with Crippen LogP contribution in [0.5, 0.6) is 0 Å². The second-order valence-electron chi connectivity index (χ2n) is 4.24. The number of carbonyl (C=O) groups is 1. The first-order chi connectivity index (χ1) is 9.25. The van der Waals surface area contributed by atoms with Crippen LogP contribution in [-0.2, 0) is 14.6 Å². The molecule has 0 radical (unpaired) electrons. The number of nitrogens with one attached hydrogen (secondary N) is 1. The fourth-order valence-corrected chi connectivity index (χ4v) is 2.35. The van der Waals surface area contributed by atoms with E-state index in [2.05, 4.69) is 5.32 Å². The summed E-state index contributed by atoms with van der Waals surface area (Å²) in [7, 11) is -4.78. The molecule has 20 heavy (non-hydrogen) atoms. The summed E-state index contributed by atoms with van der Waals surface area (Å²) < 4.78 is 48.0. The summed E-state index contributed by atoms with van der Waals surface area (Å²) in [4.78, 5) is 10.9. The molecule has 1 unspecified atom stereocenters. The number of anilines is 1. The highest BCUT2D eigenvalue weighted by atomic mass is 32.2. The Balaban J connectivity index is 2.95. The number of aliphatic hydroxyl groups is 1. The SMILES string of the molecule is CC(O)CCC(=O)Nc1ccccc1S(=O)(=O)C(F)F. The molecule has 0 saturated heterocycles. The number of amides is 1. The van der Waals surface area contributed by atoms with E-state index in [0.29, 0.717) is 0 Å². The number of benzene rings is 1. The molecular formula is C12H15F2NO4S. The Morgan fingerprint density at radius 2 is 1.95 bits per heavy atom. The van der Waals surface area contributed by atoms with Crippen molar-refractivity contribution in [3.8, 4) is 0 Å². The van der Waals surface area contributed by atoms with Crippen LogP contribution in [0.15, 0.2) is 29.2 Å². The van der Waals surface area contributed by atoms with Crippen molar-refractivity contribution >= 4 is 21.4 Å². The van der Waals surface area contributed by atoms with Crippen LogP contribution in [0.4, 0.5) is 14.5 Å². The summed E-state index contributed by atoms with van der Waals surface area (Å²) in [6.45, 7) is 1.50. The Morgan fingerprint density at radius 3 is 2.50 bits per heavy atom. The van der Waals surface area contributed by atoms with Gasteiger partial charge in [0.05, 0.1) is 16.7 Å². The Kier molecular flexibility index (Phi) is 5.58. The number of para-hydroxylation sites is 1. The van der Waals surface area contributed by atoms with E-state index in [4.69, 9.17) is 5.11 Å². The average Bonchev–Trinajstić information content (AvgIpc) is 2.36. The molecule has 1 aromatic carbocycles. The summed E-state index contributed by atoms with van der Waals surface area (Å²) >= 11 is 0. The van der Waals surface area contributed by atoms with Gasteiger partial charge < -0.3 is 10.4 Å². The fourth-order valence-electron chi connectivity index (χ4n) is 1.47. The maximum atomic E-state index is 12.5. The van der Waals surface area contributed by atoms with Gasteiger partial charge in [-0.25, -0.2) is 8.42 Å². The molecule has 2 N–H and O–H groups in total. The molecule has 5 nitrogen and oxygen atoms in total. The van der Waals surface area contributed by atoms with Crippen molar-refractivity contribution in [2.75, 3.05) is 5.32 Å². The van der Waals surface area contributed by atoms with Crippen molar-refractivity contribution in [1.29, 1.82) is 0 Å². The zero-order valence-corrected chi connectivity index (χ0v) is 11.5. The number of carbonyl (C=O) groups excluding carboxylic acids is 1. The van der Waals surface area contributed by atoms with Gasteiger partial charge in [-0.3, -0.25) is 4.79 Å². The molecule has 0 aliphatic carbocycles. The highest BCUT2D eigenvalue weighted by Gasteiger charge is 2.29. The Labute approximate surface area is 115 Å². The molecule has 0 spiro atoms. The number of aliphatic hydroxyl groups excluding tert-OH is 1. The first-order valence-corrected chi connectivity index (χ1v) is 7.38. The van der Waals surface area contributed by atoms with Crippen LogP contribution in [0.3, 0.4) is 0 Å². The third-order valence-corrected chi connectivity index (χ3v) is 3.93. The minimum Gasteiger partial charge on any atom is -0.393 e. The van der Waals surface area contributed by atoms with Gasteiger partial charge in [0.25, 0.3) is 0 Å². The second-order valence-corrected chi connectivity index (χ2v) is 6.12. The Hall–Kier alpha value is -1.54. The van der Waals surface area contributed by atoms with Gasteiger partial charge in [0, 0.05) is 6.42 Å². The van der Waals surface area contributed by atoms with Gasteiger partial charge in [0.1, 0.15) is 0 Å². The number of hydrogen-bond acceptors (Lipinski definition) is 4. The van der Waals surface area contributed by atoms with Crippen LogP contribution >= 0.6 is 0 Å². The van der Waals surface area contributed by atoms with E-state index in [1.807, 2.05) is 0 Å². The summed E-state index contributed by atoms with van der Waals surface area (Å²) in [5, 5.41) is 11.3. The minimum atomic E-state index is -4.78. The Morgan fingerprint density at radius 1 is 1.35 bits per heavy atom. The number of sulfone groups is 1. The summed E-state index contributed by atoms with van der Waals surface area (Å²) in [6.07, 6.45) is -0.531. The van der Waals surface area contributed by atoms with Crippen LogP contribution in [-0.4, -0.2) is 31.3 Å². The molecule has 0 aromatic heterocycles. The number of rotatable bonds is 6. The van der Waals surface area contributed by atoms with Crippen LogP contribution in [0.2, 0.25) is 0 Å². The number of alkyl halides is 2. The summed E-state index contributed by atoms with van der Waals surface area (Å²) in [5.74, 6) is -4.11. The molecule has 0 heterocycles. The monoisotopic (exact) mass is 307 g/mol. The molecule has 1 atom stereocenters. The fraction of sp³-hybridized carbons (Fsp3) is 0.417. The van der Waals surface area contributed by atoms with Crippen molar-refractivity contribution in [2.45, 2.75) is 36.5 Å². The topological polar surface area (TPSA) is 83.5 Å². The van der Waals surface area contributed by atoms with Crippen LogP contribution in [0.25, 0.3) is 0 Å². The summed E-state index contributed by atoms with van der Waals surface area (Å²) in [6, 6.07) is 4.96. The lowest BCUT2D eigenvalue weighted by molar-refractivity contribution is -0.116. The van der Waals surface area contributed by atoms with E-state index >= 15 is 0 Å². The van der Waals surface area contributed by atoms with Gasteiger partial charge in [-0.1, -0.05) is 12.1 Å². The first kappa shape index (κ1) is 16.5. The van der Waals surface area contributed by atoms with Crippen LogP contribution < -0.4 is 5.32 Å². The predicted molar refractivity (Wildman–Crippen MR) is 69.2 cm³/mol. The van der Waals surface area contributed by atoms with E-state index in [0.717, 1.165) is 6.07 Å². The van der Waals surface area contributed by atoms with Crippen molar-refractivity contribution in [1.82, 2.24) is 0 Å². The molecule has 0 saturated carbocycles. The van der Waals surface area contributed by atoms with E-state index in [-0.39, 0.29) is 18.5 Å². The lowest BCUT2D eigenvalue weighted by Gasteiger charge is -2.11. The maximum Gasteiger partial charge on any atom is 0.341 e. The summed E-state index contributed by atoms with van der Waals surface area (Å²) in [5.41, 5.74) is -0.191. The van der Waals surface area contributed by atoms with E-state index in [1.165, 1.54) is 25.1 Å². The molecule has 0 aliphatic rings. The van der Waals surface area contributed by atoms with Gasteiger partial charge in [-0.2, -0.15) is 8.78 Å². The van der Waals surface area contributed by atoms with Gasteiger partial charge >= 0.3 is 5.76 Å². The normalized spacial score (nSPS) is 13.2. The lowest BCUT2D eigenvalue weighted by atomic mass is 10.2. The minimum absolute atomic E-state index is 0.0409. The standard InChI is InChI=1S/C12H15F2NO4S/c1-8(16)6-7-11(17)15-9-4-2-3-5-10(9)20(18,19)12(13)14/h2-5,8,12,16H,6-7H2,1H3,(H,15,17). The maximum absolute atomic E-state index is 12.5. The van der Waals surface area contributed by atoms with Crippen LogP contribution in [0, 0.1) is 0 Å². The number of hydrogen-bond donors (Lipinski definition) is 2. The van der Waals surface area contributed by atoms with Gasteiger partial charge in [0.2, 0.25) is 15.7 Å². The zero-order valence-electron chi connectivity index (χ0n) is 10.7. The van der Waals surface area contributed by atoms with Gasteiger partial charge in [-0.15, -0.1) is 0 Å². The highest BCUT2D eigenvalue weighted by Crippen LogP contribution is 2.26. The zero-order chi connectivity index (χ0) is 15.3. The third kappa shape index (κ3) is 4.24. The van der Waals surface area contributed by atoms with Gasteiger partial charge in [0.15, 0.2) is 0 Å². The van der Waals surface area contributed by atoms with Gasteiger partial charge in [-0.05, 0) is 25.5 Å². The predicted octanol–water partition coefficient (Wildman–Crippen LogP) is 1.78. The highest BCUT2D eigenvalue weighted by molar-refractivity contribution is 7.91. The molecule has 0 aliphatic heterocycles. The smallest absolute Gasteiger partial charge is 0.341 e. The molecule has 1 amide bonds. The molecule has 1 aromatic rings. The van der Waals surface area contributed by atoms with Crippen LogP contribution in [0.1, 0.15) is 19.8 Å². The van der Waals surface area contributed by atoms with E-state index in [1.54, 1.807) is 0 Å². The molecular weight excluding hydrogens is 292 g/mol. The largest absolute Gasteiger partial charge is 0.393 e. The molecule has 0 bridgehead atoms. The third-order valence-electron chi connectivity index (χ3n) is 2.49. The quantitative estimate of drug-likeness (QED) is 0.839. The van der Waals surface area contributed by atoms with E-state index in [9.17, 15) is 22.0 Å².